The molecule has 2 aliphatic rings. The van der Waals surface area contributed by atoms with E-state index in [1.165, 1.54) is 56.9 Å². The Balaban J connectivity index is 2.01. The molecular formula is C20H31O2P. The van der Waals surface area contributed by atoms with Gasteiger partial charge in [0, 0.05) is 19.8 Å². The van der Waals surface area contributed by atoms with Gasteiger partial charge in [0.05, 0.1) is 0 Å². The summed E-state index contributed by atoms with van der Waals surface area (Å²) in [7, 11) is 3.40. The lowest BCUT2D eigenvalue weighted by Crippen LogP contribution is -2.34. The number of ether oxygens (including phenoxy) is 2. The maximum absolute atomic E-state index is 5.78. The van der Waals surface area contributed by atoms with Gasteiger partial charge in [-0.2, -0.15) is 0 Å². The molecular weight excluding hydrogens is 303 g/mol. The molecule has 0 saturated heterocycles. The normalized spacial score (nSPS) is 20.7. The molecule has 0 spiro atoms. The van der Waals surface area contributed by atoms with Crippen LogP contribution in [0.4, 0.5) is 0 Å². The molecule has 23 heavy (non-hydrogen) atoms. The van der Waals surface area contributed by atoms with Crippen molar-refractivity contribution in [1.29, 1.82) is 0 Å². The van der Waals surface area contributed by atoms with E-state index in [1.54, 1.807) is 19.5 Å². The van der Waals surface area contributed by atoms with Crippen molar-refractivity contribution >= 4 is 13.2 Å². The molecule has 0 N–H and O–H groups in total. The highest BCUT2D eigenvalue weighted by Gasteiger charge is 2.38. The number of rotatable bonds is 6. The Morgan fingerprint density at radius 3 is 1.83 bits per heavy atom. The molecule has 2 fully saturated rings. The SMILES string of the molecule is COC(C)(OC)c1ccccc1P(C1CCCC1)C1CCCC1. The van der Waals surface area contributed by atoms with Crippen molar-refractivity contribution in [3.8, 4) is 0 Å². The second-order valence-electron chi connectivity index (χ2n) is 7.15. The van der Waals surface area contributed by atoms with Crippen molar-refractivity contribution in [2.45, 2.75) is 75.4 Å². The zero-order valence-corrected chi connectivity index (χ0v) is 15.8. The summed E-state index contributed by atoms with van der Waals surface area (Å²) in [6.45, 7) is 2.06. The molecule has 128 valence electrons. The van der Waals surface area contributed by atoms with E-state index in [4.69, 9.17) is 9.47 Å². The summed E-state index contributed by atoms with van der Waals surface area (Å²) < 4.78 is 11.6. The largest absolute Gasteiger partial charge is 0.349 e. The standard InChI is InChI=1S/C20H31O2P/c1-20(21-2,22-3)18-14-8-9-15-19(18)23(16-10-4-5-11-16)17-12-6-7-13-17/h8-9,14-17H,4-7,10-13H2,1-3H3. The number of hydrogen-bond donors (Lipinski definition) is 0. The van der Waals surface area contributed by atoms with Gasteiger partial charge in [0.1, 0.15) is 0 Å². The van der Waals surface area contributed by atoms with E-state index < -0.39 is 5.79 Å². The van der Waals surface area contributed by atoms with Crippen LogP contribution >= 0.6 is 7.92 Å². The Morgan fingerprint density at radius 1 is 0.870 bits per heavy atom. The predicted octanol–water partition coefficient (Wildman–Crippen LogP) is 5.14. The molecule has 0 bridgehead atoms. The van der Waals surface area contributed by atoms with E-state index >= 15 is 0 Å². The van der Waals surface area contributed by atoms with E-state index in [0.29, 0.717) is 0 Å². The quantitative estimate of drug-likeness (QED) is 0.529. The van der Waals surface area contributed by atoms with Gasteiger partial charge in [-0.25, -0.2) is 0 Å². The summed E-state index contributed by atoms with van der Waals surface area (Å²) in [5, 5.41) is 1.55. The lowest BCUT2D eigenvalue weighted by molar-refractivity contribution is -0.201. The molecule has 3 heteroatoms. The summed E-state index contributed by atoms with van der Waals surface area (Å²) >= 11 is 0. The van der Waals surface area contributed by atoms with Gasteiger partial charge in [0.25, 0.3) is 0 Å². The molecule has 0 atom stereocenters. The van der Waals surface area contributed by atoms with Crippen molar-refractivity contribution in [1.82, 2.24) is 0 Å². The lowest BCUT2D eigenvalue weighted by Gasteiger charge is -2.36. The molecule has 0 unspecified atom stereocenters. The molecule has 0 amide bonds. The molecule has 2 nitrogen and oxygen atoms in total. The Morgan fingerprint density at radius 2 is 1.35 bits per heavy atom. The van der Waals surface area contributed by atoms with Crippen molar-refractivity contribution in [2.75, 3.05) is 14.2 Å². The monoisotopic (exact) mass is 334 g/mol. The molecule has 3 rings (SSSR count). The first-order chi connectivity index (χ1) is 11.2. The van der Waals surface area contributed by atoms with Gasteiger partial charge >= 0.3 is 0 Å². The number of methoxy groups -OCH3 is 2. The van der Waals surface area contributed by atoms with Crippen molar-refractivity contribution in [2.24, 2.45) is 0 Å². The summed E-state index contributed by atoms with van der Waals surface area (Å²) in [5.74, 6) is -0.631. The maximum Gasteiger partial charge on any atom is 0.191 e. The van der Waals surface area contributed by atoms with Crippen molar-refractivity contribution in [3.05, 3.63) is 29.8 Å². The number of hydrogen-bond acceptors (Lipinski definition) is 2. The topological polar surface area (TPSA) is 18.5 Å². The zero-order valence-electron chi connectivity index (χ0n) is 14.9. The average molecular weight is 334 g/mol. The molecule has 1 aromatic carbocycles. The van der Waals surface area contributed by atoms with Crippen LogP contribution in [-0.2, 0) is 15.3 Å². The van der Waals surface area contributed by atoms with Gasteiger partial charge < -0.3 is 9.47 Å². The Kier molecular flexibility index (Phi) is 5.78. The molecule has 0 radical (unpaired) electrons. The molecule has 0 aromatic heterocycles. The van der Waals surface area contributed by atoms with Crippen LogP contribution in [0.15, 0.2) is 24.3 Å². The maximum atomic E-state index is 5.78. The van der Waals surface area contributed by atoms with Crippen LogP contribution in [0.5, 0.6) is 0 Å². The van der Waals surface area contributed by atoms with Gasteiger partial charge in [-0.05, 0) is 49.2 Å². The van der Waals surface area contributed by atoms with Crippen LogP contribution in [0.25, 0.3) is 0 Å². The fourth-order valence-corrected chi connectivity index (χ4v) is 8.48. The Hall–Kier alpha value is -0.430. The Labute approximate surface area is 142 Å². The minimum Gasteiger partial charge on any atom is -0.349 e. The number of benzene rings is 1. The van der Waals surface area contributed by atoms with E-state index in [-0.39, 0.29) is 7.92 Å². The van der Waals surface area contributed by atoms with Crippen molar-refractivity contribution in [3.63, 3.8) is 0 Å². The first kappa shape index (κ1) is 17.4. The predicted molar refractivity (Wildman–Crippen MR) is 98.9 cm³/mol. The molecule has 1 aromatic rings. The van der Waals surface area contributed by atoms with E-state index in [0.717, 1.165) is 11.3 Å². The third-order valence-electron chi connectivity index (χ3n) is 5.89. The first-order valence-electron chi connectivity index (χ1n) is 9.18. The van der Waals surface area contributed by atoms with Crippen molar-refractivity contribution < 1.29 is 9.47 Å². The van der Waals surface area contributed by atoms with Gasteiger partial charge in [-0.1, -0.05) is 57.9 Å². The molecule has 2 saturated carbocycles. The smallest absolute Gasteiger partial charge is 0.191 e. The summed E-state index contributed by atoms with van der Waals surface area (Å²) in [5.41, 5.74) is 3.08. The van der Waals surface area contributed by atoms with Gasteiger partial charge in [-0.3, -0.25) is 0 Å². The van der Waals surface area contributed by atoms with Crippen LogP contribution in [-0.4, -0.2) is 25.5 Å². The highest BCUT2D eigenvalue weighted by Crippen LogP contribution is 2.57. The summed E-state index contributed by atoms with van der Waals surface area (Å²) in [6, 6.07) is 8.94. The van der Waals surface area contributed by atoms with Crippen LogP contribution in [0.1, 0.15) is 63.9 Å². The second kappa shape index (κ2) is 7.64. The third kappa shape index (κ3) is 3.50. The Bertz CT molecular complexity index is 484. The van der Waals surface area contributed by atoms with Crippen LogP contribution in [0, 0.1) is 0 Å². The van der Waals surface area contributed by atoms with Crippen LogP contribution < -0.4 is 5.30 Å². The average Bonchev–Trinajstić information content (AvgIpc) is 3.29. The molecule has 2 aliphatic carbocycles. The van der Waals surface area contributed by atoms with Gasteiger partial charge in [-0.15, -0.1) is 0 Å². The second-order valence-corrected chi connectivity index (χ2v) is 9.91. The molecule has 0 heterocycles. The van der Waals surface area contributed by atoms with E-state index in [9.17, 15) is 0 Å². The summed E-state index contributed by atoms with van der Waals surface area (Å²) in [4.78, 5) is 0. The third-order valence-corrected chi connectivity index (χ3v) is 9.44. The van der Waals surface area contributed by atoms with Gasteiger partial charge in [0.2, 0.25) is 0 Å². The fourth-order valence-electron chi connectivity index (χ4n) is 4.44. The lowest BCUT2D eigenvalue weighted by atomic mass is 10.1. The van der Waals surface area contributed by atoms with Gasteiger partial charge in [0.15, 0.2) is 5.79 Å². The summed E-state index contributed by atoms with van der Waals surface area (Å²) in [6.07, 6.45) is 11.4. The highest BCUT2D eigenvalue weighted by atomic mass is 31.1. The fraction of sp³-hybridized carbons (Fsp3) is 0.700. The molecule has 0 aliphatic heterocycles. The van der Waals surface area contributed by atoms with Crippen LogP contribution in [0.3, 0.4) is 0 Å². The van der Waals surface area contributed by atoms with E-state index in [1.807, 2.05) is 0 Å². The zero-order chi connectivity index (χ0) is 16.3. The van der Waals surface area contributed by atoms with E-state index in [2.05, 4.69) is 31.2 Å². The van der Waals surface area contributed by atoms with Crippen LogP contribution in [0.2, 0.25) is 0 Å². The highest BCUT2D eigenvalue weighted by molar-refractivity contribution is 7.67. The first-order valence-corrected chi connectivity index (χ1v) is 10.7. The minimum atomic E-state index is -0.631. The minimum absolute atomic E-state index is 0.115.